The fourth-order valence-electron chi connectivity index (χ4n) is 2.96. The summed E-state index contributed by atoms with van der Waals surface area (Å²) in [5.41, 5.74) is 4.19. The molecular formula is C16H10N4O. The van der Waals surface area contributed by atoms with Crippen molar-refractivity contribution in [2.75, 3.05) is 0 Å². The summed E-state index contributed by atoms with van der Waals surface area (Å²) in [5.74, 6) is 0. The second kappa shape index (κ2) is 3.52. The highest BCUT2D eigenvalue weighted by Gasteiger charge is 2.13. The summed E-state index contributed by atoms with van der Waals surface area (Å²) in [6.45, 7) is 0. The molecule has 1 aromatic carbocycles. The lowest BCUT2D eigenvalue weighted by molar-refractivity contribution is 1.10. The van der Waals surface area contributed by atoms with Crippen LogP contribution in [0.3, 0.4) is 0 Å². The summed E-state index contributed by atoms with van der Waals surface area (Å²) >= 11 is 0. The first-order valence-electron chi connectivity index (χ1n) is 6.72. The summed E-state index contributed by atoms with van der Waals surface area (Å²) in [5, 5.41) is 0.678. The normalized spacial score (nSPS) is 12.0. The Morgan fingerprint density at radius 1 is 1.00 bits per heavy atom. The number of benzene rings is 1. The molecule has 5 nitrogen and oxygen atoms in total. The first-order chi connectivity index (χ1) is 10.3. The van der Waals surface area contributed by atoms with Crippen LogP contribution in [0.15, 0.2) is 59.7 Å². The number of hydrogen-bond acceptors (Lipinski definition) is 2. The van der Waals surface area contributed by atoms with Gasteiger partial charge in [0, 0.05) is 12.4 Å². The number of nitrogens with zero attached hydrogens (tertiary/aromatic N) is 3. The van der Waals surface area contributed by atoms with Crippen LogP contribution in [-0.4, -0.2) is 18.8 Å². The van der Waals surface area contributed by atoms with E-state index in [1.165, 1.54) is 0 Å². The highest BCUT2D eigenvalue weighted by molar-refractivity contribution is 5.95. The highest BCUT2D eigenvalue weighted by atomic mass is 16.1. The Morgan fingerprint density at radius 2 is 1.86 bits per heavy atom. The molecule has 0 spiro atoms. The zero-order valence-electron chi connectivity index (χ0n) is 10.9. The average molecular weight is 274 g/mol. The molecule has 0 bridgehead atoms. The molecule has 0 fully saturated rings. The van der Waals surface area contributed by atoms with Gasteiger partial charge in [0.25, 0.3) is 5.56 Å². The van der Waals surface area contributed by atoms with Gasteiger partial charge in [-0.2, -0.15) is 0 Å². The van der Waals surface area contributed by atoms with Crippen molar-refractivity contribution in [3.63, 3.8) is 0 Å². The zero-order valence-corrected chi connectivity index (χ0v) is 10.9. The van der Waals surface area contributed by atoms with Gasteiger partial charge >= 0.3 is 0 Å². The van der Waals surface area contributed by atoms with Crippen molar-refractivity contribution >= 4 is 33.2 Å². The van der Waals surface area contributed by atoms with Gasteiger partial charge in [-0.25, -0.2) is 4.98 Å². The predicted molar refractivity (Wildman–Crippen MR) is 81.8 cm³/mol. The maximum absolute atomic E-state index is 12.6. The van der Waals surface area contributed by atoms with Crippen molar-refractivity contribution < 1.29 is 0 Å². The molecule has 1 N–H and O–H groups in total. The van der Waals surface area contributed by atoms with E-state index in [4.69, 9.17) is 0 Å². The van der Waals surface area contributed by atoms with Gasteiger partial charge < -0.3 is 4.98 Å². The van der Waals surface area contributed by atoms with E-state index in [2.05, 4.69) is 9.97 Å². The van der Waals surface area contributed by atoms with E-state index in [0.717, 1.165) is 27.8 Å². The molecule has 0 amide bonds. The first-order valence-corrected chi connectivity index (χ1v) is 6.72. The maximum atomic E-state index is 12.6. The maximum Gasteiger partial charge on any atom is 0.265 e. The van der Waals surface area contributed by atoms with Gasteiger partial charge in [-0.1, -0.05) is 18.2 Å². The van der Waals surface area contributed by atoms with E-state index in [0.29, 0.717) is 5.39 Å². The van der Waals surface area contributed by atoms with Crippen LogP contribution in [0.1, 0.15) is 0 Å². The molecule has 4 aromatic heterocycles. The molecular weight excluding hydrogens is 264 g/mol. The fourth-order valence-corrected chi connectivity index (χ4v) is 2.96. The van der Waals surface area contributed by atoms with Crippen molar-refractivity contribution in [2.24, 2.45) is 0 Å². The van der Waals surface area contributed by atoms with Gasteiger partial charge in [-0.05, 0) is 24.3 Å². The van der Waals surface area contributed by atoms with Gasteiger partial charge in [-0.15, -0.1) is 0 Å². The number of pyridine rings is 1. The molecule has 0 aliphatic rings. The number of aromatic nitrogens is 4. The molecule has 0 aliphatic heterocycles. The molecule has 21 heavy (non-hydrogen) atoms. The Morgan fingerprint density at radius 3 is 2.81 bits per heavy atom. The number of nitrogens with one attached hydrogen (secondary N) is 1. The zero-order chi connectivity index (χ0) is 14.0. The minimum atomic E-state index is -0.0259. The van der Waals surface area contributed by atoms with E-state index in [9.17, 15) is 4.79 Å². The van der Waals surface area contributed by atoms with Gasteiger partial charge in [0.05, 0.1) is 10.9 Å². The van der Waals surface area contributed by atoms with E-state index < -0.39 is 0 Å². The van der Waals surface area contributed by atoms with Gasteiger partial charge in [-0.3, -0.25) is 13.6 Å². The summed E-state index contributed by atoms with van der Waals surface area (Å²) < 4.78 is 3.63. The molecule has 0 atom stereocenters. The topological polar surface area (TPSA) is 54.6 Å². The quantitative estimate of drug-likeness (QED) is 0.472. The number of para-hydroxylation sites is 1. The summed E-state index contributed by atoms with van der Waals surface area (Å²) in [4.78, 5) is 20.5. The minimum absolute atomic E-state index is 0.0259. The predicted octanol–water partition coefficient (Wildman–Crippen LogP) is 2.58. The molecule has 0 saturated carbocycles. The Bertz CT molecular complexity index is 1210. The Hall–Kier alpha value is -3.08. The van der Waals surface area contributed by atoms with E-state index in [-0.39, 0.29) is 5.56 Å². The van der Waals surface area contributed by atoms with Crippen LogP contribution >= 0.6 is 0 Å². The number of H-pyrrole nitrogens is 1. The van der Waals surface area contributed by atoms with Crippen molar-refractivity contribution in [3.8, 4) is 0 Å². The summed E-state index contributed by atoms with van der Waals surface area (Å²) in [6.07, 6.45) is 3.75. The Labute approximate surface area is 118 Å². The molecule has 0 unspecified atom stereocenters. The average Bonchev–Trinajstić information content (AvgIpc) is 3.04. The molecule has 0 saturated heterocycles. The monoisotopic (exact) mass is 274 g/mol. The van der Waals surface area contributed by atoms with Crippen molar-refractivity contribution in [1.82, 2.24) is 18.8 Å². The van der Waals surface area contributed by atoms with E-state index in [1.807, 2.05) is 53.1 Å². The molecule has 5 rings (SSSR count). The summed E-state index contributed by atoms with van der Waals surface area (Å²) in [7, 11) is 0. The van der Waals surface area contributed by atoms with Crippen LogP contribution in [0.25, 0.3) is 33.2 Å². The third kappa shape index (κ3) is 1.25. The first kappa shape index (κ1) is 10.7. The standard InChI is InChI=1S/C16H10N4O/c21-16-10-5-1-2-6-11(10)18-15-14-12(9-20(15)16)17-13-7-3-4-8-19(13)14/h1-9,18H. The SMILES string of the molecule is O=c1c2ccccc2[nH]c2c3c(cn12)nc1ccccn13. The van der Waals surface area contributed by atoms with Crippen LogP contribution < -0.4 is 5.56 Å². The number of rotatable bonds is 0. The molecule has 100 valence electrons. The second-order valence-electron chi connectivity index (χ2n) is 5.10. The number of fused-ring (bicyclic) bond motifs is 6. The second-order valence-corrected chi connectivity index (χ2v) is 5.10. The minimum Gasteiger partial charge on any atom is -0.339 e. The lowest BCUT2D eigenvalue weighted by Crippen LogP contribution is -2.13. The van der Waals surface area contributed by atoms with Crippen molar-refractivity contribution in [3.05, 3.63) is 65.2 Å². The highest BCUT2D eigenvalue weighted by Crippen LogP contribution is 2.22. The lowest BCUT2D eigenvalue weighted by atomic mass is 10.2. The van der Waals surface area contributed by atoms with Gasteiger partial charge in [0.15, 0.2) is 0 Å². The molecule has 0 aliphatic carbocycles. The van der Waals surface area contributed by atoms with Crippen molar-refractivity contribution in [1.29, 1.82) is 0 Å². The largest absolute Gasteiger partial charge is 0.339 e. The number of imidazole rings is 1. The molecule has 5 heteroatoms. The van der Waals surface area contributed by atoms with Crippen LogP contribution in [0.4, 0.5) is 0 Å². The lowest BCUT2D eigenvalue weighted by Gasteiger charge is -2.01. The third-order valence-corrected chi connectivity index (χ3v) is 3.90. The van der Waals surface area contributed by atoms with Gasteiger partial charge in [0.2, 0.25) is 0 Å². The van der Waals surface area contributed by atoms with Gasteiger partial charge in [0.1, 0.15) is 22.3 Å². The van der Waals surface area contributed by atoms with Crippen molar-refractivity contribution in [2.45, 2.75) is 0 Å². The van der Waals surface area contributed by atoms with E-state index >= 15 is 0 Å². The third-order valence-electron chi connectivity index (χ3n) is 3.90. The van der Waals surface area contributed by atoms with Crippen LogP contribution in [0.5, 0.6) is 0 Å². The molecule has 5 aromatic rings. The smallest absolute Gasteiger partial charge is 0.265 e. The Balaban J connectivity index is 2.13. The number of aromatic amines is 1. The van der Waals surface area contributed by atoms with E-state index in [1.54, 1.807) is 10.6 Å². The van der Waals surface area contributed by atoms with Crippen LogP contribution in [-0.2, 0) is 0 Å². The fraction of sp³-hybridized carbons (Fsp3) is 0. The Kier molecular flexibility index (Phi) is 1.79. The molecule has 4 heterocycles. The van der Waals surface area contributed by atoms with Crippen LogP contribution in [0, 0.1) is 0 Å². The summed E-state index contributed by atoms with van der Waals surface area (Å²) in [6, 6.07) is 13.4. The number of hydrogen-bond donors (Lipinski definition) is 1. The van der Waals surface area contributed by atoms with Crippen LogP contribution in [0.2, 0.25) is 0 Å². The molecule has 0 radical (unpaired) electrons.